The summed E-state index contributed by atoms with van der Waals surface area (Å²) in [6.07, 6.45) is 3.28. The lowest BCUT2D eigenvalue weighted by molar-refractivity contribution is -0.136. The Bertz CT molecular complexity index is 774. The molecule has 0 radical (unpaired) electrons. The minimum Gasteiger partial charge on any atom is -0.467 e. The highest BCUT2D eigenvalue weighted by atomic mass is 16.3. The maximum atomic E-state index is 11.9. The number of amides is 2. The molecule has 2 amide bonds. The Labute approximate surface area is 120 Å². The van der Waals surface area contributed by atoms with Gasteiger partial charge in [0.05, 0.1) is 18.5 Å². The fourth-order valence-electron chi connectivity index (χ4n) is 2.03. The van der Waals surface area contributed by atoms with Gasteiger partial charge in [-0.2, -0.15) is 0 Å². The van der Waals surface area contributed by atoms with Gasteiger partial charge < -0.3 is 20.0 Å². The summed E-state index contributed by atoms with van der Waals surface area (Å²) >= 11 is 0. The number of aromatic amines is 1. The zero-order valence-corrected chi connectivity index (χ0v) is 11.1. The predicted molar refractivity (Wildman–Crippen MR) is 77.5 cm³/mol. The minimum absolute atomic E-state index is 0.174. The van der Waals surface area contributed by atoms with E-state index in [0.29, 0.717) is 11.4 Å². The SMILES string of the molecule is O=C(NCc1ccco1)C(=O)Nc1cccc2[nH]ccc12. The number of aromatic nitrogens is 1. The number of benzene rings is 1. The van der Waals surface area contributed by atoms with E-state index < -0.39 is 11.8 Å². The van der Waals surface area contributed by atoms with Crippen LogP contribution in [0.4, 0.5) is 5.69 Å². The summed E-state index contributed by atoms with van der Waals surface area (Å²) < 4.78 is 5.08. The van der Waals surface area contributed by atoms with E-state index in [1.165, 1.54) is 6.26 Å². The first-order chi connectivity index (χ1) is 10.2. The highest BCUT2D eigenvalue weighted by Crippen LogP contribution is 2.21. The first kappa shape index (κ1) is 13.0. The van der Waals surface area contributed by atoms with Crippen molar-refractivity contribution in [2.75, 3.05) is 5.32 Å². The lowest BCUT2D eigenvalue weighted by Crippen LogP contribution is -2.34. The molecule has 0 aliphatic heterocycles. The second kappa shape index (κ2) is 5.54. The topological polar surface area (TPSA) is 87.1 Å². The van der Waals surface area contributed by atoms with Crippen LogP contribution in [-0.2, 0) is 16.1 Å². The molecule has 2 aromatic heterocycles. The van der Waals surface area contributed by atoms with Gasteiger partial charge >= 0.3 is 11.8 Å². The van der Waals surface area contributed by atoms with Crippen molar-refractivity contribution in [3.8, 4) is 0 Å². The first-order valence-corrected chi connectivity index (χ1v) is 6.42. The third kappa shape index (κ3) is 2.79. The predicted octanol–water partition coefficient (Wildman–Crippen LogP) is 2.02. The van der Waals surface area contributed by atoms with Gasteiger partial charge in [-0.3, -0.25) is 9.59 Å². The summed E-state index contributed by atoms with van der Waals surface area (Å²) in [5.74, 6) is -0.835. The van der Waals surface area contributed by atoms with Crippen LogP contribution in [0.2, 0.25) is 0 Å². The van der Waals surface area contributed by atoms with Gasteiger partial charge in [-0.25, -0.2) is 0 Å². The van der Waals surface area contributed by atoms with Crippen molar-refractivity contribution in [3.63, 3.8) is 0 Å². The fourth-order valence-corrected chi connectivity index (χ4v) is 2.03. The van der Waals surface area contributed by atoms with Gasteiger partial charge in [-0.1, -0.05) is 6.07 Å². The summed E-state index contributed by atoms with van der Waals surface area (Å²) in [4.78, 5) is 26.7. The van der Waals surface area contributed by atoms with Crippen molar-refractivity contribution in [2.45, 2.75) is 6.54 Å². The van der Waals surface area contributed by atoms with Gasteiger partial charge in [0, 0.05) is 17.1 Å². The molecule has 6 heteroatoms. The molecule has 0 bridgehead atoms. The molecule has 3 N–H and O–H groups in total. The van der Waals surface area contributed by atoms with Crippen molar-refractivity contribution in [1.82, 2.24) is 10.3 Å². The Hall–Kier alpha value is -3.02. The van der Waals surface area contributed by atoms with Crippen LogP contribution >= 0.6 is 0 Å². The van der Waals surface area contributed by atoms with Crippen LogP contribution in [0.25, 0.3) is 10.9 Å². The molecule has 0 saturated heterocycles. The number of hydrogen-bond donors (Lipinski definition) is 3. The van der Waals surface area contributed by atoms with Crippen molar-refractivity contribution in [2.24, 2.45) is 0 Å². The molecule has 0 aliphatic rings. The first-order valence-electron chi connectivity index (χ1n) is 6.42. The van der Waals surface area contributed by atoms with Crippen molar-refractivity contribution in [1.29, 1.82) is 0 Å². The Balaban J connectivity index is 1.65. The van der Waals surface area contributed by atoms with Gasteiger partial charge in [0.2, 0.25) is 0 Å². The number of rotatable bonds is 3. The van der Waals surface area contributed by atoms with Crippen LogP contribution < -0.4 is 10.6 Å². The summed E-state index contributed by atoms with van der Waals surface area (Å²) in [5.41, 5.74) is 1.48. The third-order valence-electron chi connectivity index (χ3n) is 3.05. The number of carbonyl (C=O) groups excluding carboxylic acids is 2. The molecule has 3 rings (SSSR count). The largest absolute Gasteiger partial charge is 0.467 e. The molecule has 0 atom stereocenters. The molecule has 106 valence electrons. The Morgan fingerprint density at radius 3 is 2.81 bits per heavy atom. The molecule has 0 aliphatic carbocycles. The van der Waals surface area contributed by atoms with E-state index in [2.05, 4.69) is 15.6 Å². The summed E-state index contributed by atoms with van der Waals surface area (Å²) in [7, 11) is 0. The van der Waals surface area contributed by atoms with Crippen LogP contribution in [0.3, 0.4) is 0 Å². The van der Waals surface area contributed by atoms with E-state index in [0.717, 1.165) is 10.9 Å². The molecule has 21 heavy (non-hydrogen) atoms. The number of nitrogens with one attached hydrogen (secondary N) is 3. The number of H-pyrrole nitrogens is 1. The fraction of sp³-hybridized carbons (Fsp3) is 0.0667. The van der Waals surface area contributed by atoms with Gasteiger partial charge in [-0.15, -0.1) is 0 Å². The third-order valence-corrected chi connectivity index (χ3v) is 3.05. The number of anilines is 1. The summed E-state index contributed by atoms with van der Waals surface area (Å²) in [5, 5.41) is 5.95. The molecule has 2 heterocycles. The Kier molecular flexibility index (Phi) is 3.42. The van der Waals surface area contributed by atoms with Gasteiger partial charge in [0.1, 0.15) is 5.76 Å². The standard InChI is InChI=1S/C15H13N3O3/c19-14(17-9-10-3-2-8-21-10)15(20)18-13-5-1-4-12-11(13)6-7-16-12/h1-8,16H,9H2,(H,17,19)(H,18,20). The lowest BCUT2D eigenvalue weighted by atomic mass is 10.2. The highest BCUT2D eigenvalue weighted by Gasteiger charge is 2.15. The van der Waals surface area contributed by atoms with Crippen LogP contribution in [0, 0.1) is 0 Å². The number of fused-ring (bicyclic) bond motifs is 1. The average Bonchev–Trinajstić information content (AvgIpc) is 3.16. The van der Waals surface area contributed by atoms with E-state index in [4.69, 9.17) is 4.42 Å². The number of hydrogen-bond acceptors (Lipinski definition) is 3. The van der Waals surface area contributed by atoms with Crippen molar-refractivity contribution >= 4 is 28.4 Å². The molecule has 0 unspecified atom stereocenters. The maximum absolute atomic E-state index is 11.9. The van der Waals surface area contributed by atoms with E-state index in [9.17, 15) is 9.59 Å². The second-order valence-corrected chi connectivity index (χ2v) is 4.46. The Morgan fingerprint density at radius 1 is 1.10 bits per heavy atom. The number of furan rings is 1. The monoisotopic (exact) mass is 283 g/mol. The van der Waals surface area contributed by atoms with Crippen LogP contribution in [0.15, 0.2) is 53.3 Å². The molecule has 0 fully saturated rings. The quantitative estimate of drug-likeness (QED) is 0.643. The molecule has 0 spiro atoms. The van der Waals surface area contributed by atoms with Crippen LogP contribution in [-0.4, -0.2) is 16.8 Å². The normalized spacial score (nSPS) is 10.5. The lowest BCUT2D eigenvalue weighted by Gasteiger charge is -2.06. The average molecular weight is 283 g/mol. The summed E-state index contributed by atoms with van der Waals surface area (Å²) in [6, 6.07) is 10.7. The van der Waals surface area contributed by atoms with E-state index in [1.54, 1.807) is 30.5 Å². The number of carbonyl (C=O) groups is 2. The molecular weight excluding hydrogens is 270 g/mol. The van der Waals surface area contributed by atoms with E-state index >= 15 is 0 Å². The van der Waals surface area contributed by atoms with Crippen molar-refractivity contribution in [3.05, 3.63) is 54.6 Å². The highest BCUT2D eigenvalue weighted by molar-refractivity contribution is 6.40. The molecular formula is C15H13N3O3. The molecule has 0 saturated carbocycles. The smallest absolute Gasteiger partial charge is 0.313 e. The second-order valence-electron chi connectivity index (χ2n) is 4.46. The van der Waals surface area contributed by atoms with E-state index in [1.807, 2.05) is 12.1 Å². The van der Waals surface area contributed by atoms with Crippen LogP contribution in [0.5, 0.6) is 0 Å². The zero-order valence-electron chi connectivity index (χ0n) is 11.1. The van der Waals surface area contributed by atoms with Gasteiger partial charge in [-0.05, 0) is 30.3 Å². The Morgan fingerprint density at radius 2 is 2.00 bits per heavy atom. The zero-order chi connectivity index (χ0) is 14.7. The van der Waals surface area contributed by atoms with Crippen molar-refractivity contribution < 1.29 is 14.0 Å². The van der Waals surface area contributed by atoms with Gasteiger partial charge in [0.25, 0.3) is 0 Å². The molecule has 1 aromatic carbocycles. The molecule has 3 aromatic rings. The van der Waals surface area contributed by atoms with Gasteiger partial charge in [0.15, 0.2) is 0 Å². The van der Waals surface area contributed by atoms with Crippen LogP contribution in [0.1, 0.15) is 5.76 Å². The van der Waals surface area contributed by atoms with E-state index in [-0.39, 0.29) is 6.54 Å². The summed E-state index contributed by atoms with van der Waals surface area (Å²) in [6.45, 7) is 0.174. The maximum Gasteiger partial charge on any atom is 0.313 e. The minimum atomic E-state index is -0.713. The molecule has 6 nitrogen and oxygen atoms in total.